The Morgan fingerprint density at radius 1 is 1.20 bits per heavy atom. The smallest absolute Gasteiger partial charge is 0.292 e. The van der Waals surface area contributed by atoms with Gasteiger partial charge in [0.15, 0.2) is 0 Å². The van der Waals surface area contributed by atoms with Crippen molar-refractivity contribution < 1.29 is 9.59 Å². The van der Waals surface area contributed by atoms with Crippen molar-refractivity contribution in [2.75, 3.05) is 0 Å². The van der Waals surface area contributed by atoms with E-state index in [2.05, 4.69) is 19.2 Å². The van der Waals surface area contributed by atoms with Gasteiger partial charge in [-0.05, 0) is 30.7 Å². The molecule has 1 saturated carbocycles. The molecule has 0 bridgehead atoms. The summed E-state index contributed by atoms with van der Waals surface area (Å²) < 4.78 is 0. The van der Waals surface area contributed by atoms with E-state index in [-0.39, 0.29) is 6.04 Å². The molecule has 0 heterocycles. The highest BCUT2D eigenvalue weighted by Crippen LogP contribution is 2.20. The van der Waals surface area contributed by atoms with Gasteiger partial charge in [-0.2, -0.15) is 0 Å². The number of nitrogens with one attached hydrogen (secondary N) is 1. The zero-order valence-corrected chi connectivity index (χ0v) is 12.3. The van der Waals surface area contributed by atoms with Crippen LogP contribution in [0, 0.1) is 0 Å². The summed E-state index contributed by atoms with van der Waals surface area (Å²) in [6, 6.07) is 7.61. The summed E-state index contributed by atoms with van der Waals surface area (Å²) in [6.45, 7) is 4.29. The number of carbonyl (C=O) groups is 2. The van der Waals surface area contributed by atoms with Gasteiger partial charge in [0.1, 0.15) is 0 Å². The third-order valence-electron chi connectivity index (χ3n) is 4.25. The second kappa shape index (κ2) is 6.69. The van der Waals surface area contributed by atoms with Crippen LogP contribution in [0.2, 0.25) is 0 Å². The molecule has 3 nitrogen and oxygen atoms in total. The van der Waals surface area contributed by atoms with Crippen molar-refractivity contribution in [3.63, 3.8) is 0 Å². The van der Waals surface area contributed by atoms with Gasteiger partial charge >= 0.3 is 0 Å². The molecular formula is C17H23NO2. The molecule has 1 N–H and O–H groups in total. The average molecular weight is 273 g/mol. The quantitative estimate of drug-likeness (QED) is 0.660. The van der Waals surface area contributed by atoms with E-state index < -0.39 is 11.7 Å². The van der Waals surface area contributed by atoms with Gasteiger partial charge in [-0.15, -0.1) is 0 Å². The van der Waals surface area contributed by atoms with Crippen molar-refractivity contribution in [2.24, 2.45) is 0 Å². The summed E-state index contributed by atoms with van der Waals surface area (Å²) in [5, 5.41) is 2.84. The fraction of sp³-hybridized carbons (Fsp3) is 0.529. The highest BCUT2D eigenvalue weighted by molar-refractivity contribution is 6.42. The molecule has 1 amide bonds. The van der Waals surface area contributed by atoms with E-state index in [0.29, 0.717) is 11.5 Å². The van der Waals surface area contributed by atoms with Crippen LogP contribution in [-0.4, -0.2) is 17.7 Å². The highest BCUT2D eigenvalue weighted by atomic mass is 16.2. The molecule has 0 spiro atoms. The fourth-order valence-electron chi connectivity index (χ4n) is 2.65. The maximum Gasteiger partial charge on any atom is 0.292 e. The SMILES string of the molecule is CCC(C)c1ccc(C(=O)C(=O)NC2CCCC2)cc1. The monoisotopic (exact) mass is 273 g/mol. The Labute approximate surface area is 120 Å². The first-order valence-corrected chi connectivity index (χ1v) is 7.57. The molecule has 1 fully saturated rings. The van der Waals surface area contributed by atoms with E-state index in [1.807, 2.05) is 12.1 Å². The minimum absolute atomic E-state index is 0.186. The maximum absolute atomic E-state index is 12.1. The fourth-order valence-corrected chi connectivity index (χ4v) is 2.65. The third-order valence-corrected chi connectivity index (χ3v) is 4.25. The number of Topliss-reactive ketones (excluding diaryl/α,β-unsaturated/α-hetero) is 1. The Hall–Kier alpha value is -1.64. The van der Waals surface area contributed by atoms with E-state index >= 15 is 0 Å². The topological polar surface area (TPSA) is 46.2 Å². The predicted octanol–water partition coefficient (Wildman–Crippen LogP) is 3.44. The highest BCUT2D eigenvalue weighted by Gasteiger charge is 2.22. The Morgan fingerprint density at radius 2 is 1.80 bits per heavy atom. The van der Waals surface area contributed by atoms with Crippen molar-refractivity contribution in [1.82, 2.24) is 5.32 Å². The average Bonchev–Trinajstić information content (AvgIpc) is 2.98. The molecule has 20 heavy (non-hydrogen) atoms. The lowest BCUT2D eigenvalue weighted by Crippen LogP contribution is -2.37. The number of hydrogen-bond donors (Lipinski definition) is 1. The second-order valence-electron chi connectivity index (χ2n) is 5.72. The second-order valence-corrected chi connectivity index (χ2v) is 5.72. The Morgan fingerprint density at radius 3 is 2.35 bits per heavy atom. The van der Waals surface area contributed by atoms with Gasteiger partial charge in [0.25, 0.3) is 5.91 Å². The van der Waals surface area contributed by atoms with E-state index in [0.717, 1.165) is 32.1 Å². The van der Waals surface area contributed by atoms with Crippen LogP contribution in [0.5, 0.6) is 0 Å². The van der Waals surface area contributed by atoms with Crippen molar-refractivity contribution >= 4 is 11.7 Å². The number of ketones is 1. The van der Waals surface area contributed by atoms with Gasteiger partial charge in [0.2, 0.25) is 5.78 Å². The summed E-state index contributed by atoms with van der Waals surface area (Å²) in [5.74, 6) is -0.410. The number of hydrogen-bond acceptors (Lipinski definition) is 2. The normalized spacial score (nSPS) is 16.9. The van der Waals surface area contributed by atoms with Gasteiger partial charge in [-0.3, -0.25) is 9.59 Å². The molecule has 108 valence electrons. The van der Waals surface area contributed by atoms with Gasteiger partial charge < -0.3 is 5.32 Å². The van der Waals surface area contributed by atoms with Crippen molar-refractivity contribution in [3.8, 4) is 0 Å². The van der Waals surface area contributed by atoms with Gasteiger partial charge in [-0.1, -0.05) is 51.0 Å². The maximum atomic E-state index is 12.1. The van der Waals surface area contributed by atoms with Crippen LogP contribution in [0.1, 0.15) is 67.8 Å². The lowest BCUT2D eigenvalue weighted by molar-refractivity contribution is -0.117. The third kappa shape index (κ3) is 3.47. The van der Waals surface area contributed by atoms with Crippen LogP contribution < -0.4 is 5.32 Å². The van der Waals surface area contributed by atoms with Crippen LogP contribution in [0.15, 0.2) is 24.3 Å². The molecule has 2 rings (SSSR count). The van der Waals surface area contributed by atoms with E-state index in [1.54, 1.807) is 12.1 Å². The van der Waals surface area contributed by atoms with Crippen molar-refractivity contribution in [2.45, 2.75) is 57.9 Å². The molecule has 0 radical (unpaired) electrons. The number of benzene rings is 1. The minimum atomic E-state index is -0.465. The zero-order valence-electron chi connectivity index (χ0n) is 12.3. The van der Waals surface area contributed by atoms with E-state index in [1.165, 1.54) is 5.56 Å². The van der Waals surface area contributed by atoms with Gasteiger partial charge in [0.05, 0.1) is 0 Å². The number of amides is 1. The summed E-state index contributed by atoms with van der Waals surface area (Å²) in [6.07, 6.45) is 5.33. The van der Waals surface area contributed by atoms with Gasteiger partial charge in [0, 0.05) is 11.6 Å². The van der Waals surface area contributed by atoms with Crippen LogP contribution >= 0.6 is 0 Å². The molecule has 1 aromatic rings. The Bertz CT molecular complexity index is 472. The molecule has 1 aliphatic carbocycles. The molecule has 1 unspecified atom stereocenters. The predicted molar refractivity (Wildman–Crippen MR) is 79.9 cm³/mol. The minimum Gasteiger partial charge on any atom is -0.346 e. The van der Waals surface area contributed by atoms with E-state index in [9.17, 15) is 9.59 Å². The first-order chi connectivity index (χ1) is 9.61. The summed E-state index contributed by atoms with van der Waals surface area (Å²) in [5.41, 5.74) is 1.69. The molecule has 3 heteroatoms. The largest absolute Gasteiger partial charge is 0.346 e. The van der Waals surface area contributed by atoms with E-state index in [4.69, 9.17) is 0 Å². The summed E-state index contributed by atoms with van der Waals surface area (Å²) >= 11 is 0. The van der Waals surface area contributed by atoms with Crippen LogP contribution in [-0.2, 0) is 4.79 Å². The van der Waals surface area contributed by atoms with Crippen molar-refractivity contribution in [1.29, 1.82) is 0 Å². The lowest BCUT2D eigenvalue weighted by atomic mass is 9.97. The molecule has 0 saturated heterocycles. The molecular weight excluding hydrogens is 250 g/mol. The molecule has 0 aromatic heterocycles. The first kappa shape index (κ1) is 14.8. The van der Waals surface area contributed by atoms with Crippen LogP contribution in [0.25, 0.3) is 0 Å². The van der Waals surface area contributed by atoms with Crippen LogP contribution in [0.3, 0.4) is 0 Å². The lowest BCUT2D eigenvalue weighted by Gasteiger charge is -2.12. The van der Waals surface area contributed by atoms with Crippen LogP contribution in [0.4, 0.5) is 0 Å². The standard InChI is InChI=1S/C17H23NO2/c1-3-12(2)13-8-10-14(11-9-13)16(19)17(20)18-15-6-4-5-7-15/h8-12,15H,3-7H2,1-2H3,(H,18,20). The Kier molecular flexibility index (Phi) is 4.94. The van der Waals surface area contributed by atoms with Crippen molar-refractivity contribution in [3.05, 3.63) is 35.4 Å². The number of carbonyl (C=O) groups excluding carboxylic acids is 2. The molecule has 1 aliphatic rings. The molecule has 1 aromatic carbocycles. The molecule has 1 atom stereocenters. The summed E-state index contributed by atoms with van der Waals surface area (Å²) in [7, 11) is 0. The zero-order chi connectivity index (χ0) is 14.5. The summed E-state index contributed by atoms with van der Waals surface area (Å²) in [4.78, 5) is 24.0. The van der Waals surface area contributed by atoms with Gasteiger partial charge in [-0.25, -0.2) is 0 Å². The molecule has 0 aliphatic heterocycles. The Balaban J connectivity index is 1.99. The number of rotatable bonds is 5. The first-order valence-electron chi connectivity index (χ1n) is 7.57.